The zero-order chi connectivity index (χ0) is 18.0. The third-order valence-corrected chi connectivity index (χ3v) is 5.42. The summed E-state index contributed by atoms with van der Waals surface area (Å²) in [7, 11) is 1.84. The van der Waals surface area contributed by atoms with Crippen LogP contribution in [0.15, 0.2) is 30.6 Å². The Balaban J connectivity index is 1.53. The van der Waals surface area contributed by atoms with Gasteiger partial charge < -0.3 is 20.1 Å². The Morgan fingerprint density at radius 3 is 2.81 bits per heavy atom. The Morgan fingerprint density at radius 1 is 1.31 bits per heavy atom. The molecule has 2 aliphatic rings. The van der Waals surface area contributed by atoms with Crippen LogP contribution < -0.4 is 10.2 Å². The fourth-order valence-electron chi connectivity index (χ4n) is 3.74. The van der Waals surface area contributed by atoms with Crippen LogP contribution in [0.4, 0.5) is 11.8 Å². The fourth-order valence-corrected chi connectivity index (χ4v) is 3.74. The molecule has 0 spiro atoms. The molecular weight excluding hydrogens is 330 g/mol. The minimum absolute atomic E-state index is 0.334. The highest BCUT2D eigenvalue weighted by atomic mass is 16.5. The van der Waals surface area contributed by atoms with Gasteiger partial charge in [-0.3, -0.25) is 4.98 Å². The topological polar surface area (TPSA) is 83.4 Å². The first-order chi connectivity index (χ1) is 12.7. The molecule has 138 valence electrons. The van der Waals surface area contributed by atoms with E-state index in [1.807, 2.05) is 19.2 Å². The molecule has 4 rings (SSSR count). The second kappa shape index (κ2) is 7.17. The zero-order valence-electron chi connectivity index (χ0n) is 15.1. The minimum Gasteiger partial charge on any atom is -0.385 e. The SMILES string of the molecule is CNc1nc(C2CCOC2)cc(N2CCC(O)(c3cccnc3)CC2)n1. The average Bonchev–Trinajstić information content (AvgIpc) is 3.24. The molecular formula is C19H25N5O2. The first kappa shape index (κ1) is 17.2. The van der Waals surface area contributed by atoms with Crippen LogP contribution in [0, 0.1) is 0 Å². The number of ether oxygens (including phenoxy) is 1. The summed E-state index contributed by atoms with van der Waals surface area (Å²) < 4.78 is 5.51. The van der Waals surface area contributed by atoms with Crippen molar-refractivity contribution in [3.63, 3.8) is 0 Å². The molecule has 2 saturated heterocycles. The average molecular weight is 355 g/mol. The van der Waals surface area contributed by atoms with E-state index in [1.54, 1.807) is 12.4 Å². The molecule has 26 heavy (non-hydrogen) atoms. The predicted octanol–water partition coefficient (Wildman–Crippen LogP) is 1.91. The number of anilines is 2. The summed E-state index contributed by atoms with van der Waals surface area (Å²) in [5.74, 6) is 1.89. The maximum Gasteiger partial charge on any atom is 0.224 e. The van der Waals surface area contributed by atoms with E-state index in [-0.39, 0.29) is 0 Å². The number of nitrogens with one attached hydrogen (secondary N) is 1. The van der Waals surface area contributed by atoms with Crippen LogP contribution in [0.5, 0.6) is 0 Å². The number of piperidine rings is 1. The van der Waals surface area contributed by atoms with E-state index >= 15 is 0 Å². The molecule has 2 aliphatic heterocycles. The van der Waals surface area contributed by atoms with Gasteiger partial charge in [-0.15, -0.1) is 0 Å². The molecule has 0 aromatic carbocycles. The third-order valence-electron chi connectivity index (χ3n) is 5.42. The van der Waals surface area contributed by atoms with E-state index in [0.717, 1.165) is 49.8 Å². The Labute approximate surface area is 153 Å². The van der Waals surface area contributed by atoms with Gasteiger partial charge in [0.05, 0.1) is 17.9 Å². The summed E-state index contributed by atoms with van der Waals surface area (Å²) in [6.45, 7) is 3.00. The highest BCUT2D eigenvalue weighted by Crippen LogP contribution is 2.34. The highest BCUT2D eigenvalue weighted by molar-refractivity contribution is 5.46. The quantitative estimate of drug-likeness (QED) is 0.867. The van der Waals surface area contributed by atoms with Gasteiger partial charge in [-0.05, 0) is 25.3 Å². The molecule has 0 saturated carbocycles. The molecule has 0 amide bonds. The molecule has 2 aromatic heterocycles. The molecule has 0 aliphatic carbocycles. The number of aromatic nitrogens is 3. The zero-order valence-corrected chi connectivity index (χ0v) is 15.1. The van der Waals surface area contributed by atoms with Gasteiger partial charge in [0.15, 0.2) is 0 Å². The standard InChI is InChI=1S/C19H25N5O2/c1-20-18-22-16(14-4-10-26-13-14)11-17(23-18)24-8-5-19(25,6-9-24)15-3-2-7-21-12-15/h2-3,7,11-12,14,25H,4-6,8-10,13H2,1H3,(H,20,22,23). The van der Waals surface area contributed by atoms with Gasteiger partial charge in [-0.2, -0.15) is 4.98 Å². The lowest BCUT2D eigenvalue weighted by molar-refractivity contribution is 0.0113. The van der Waals surface area contributed by atoms with Gasteiger partial charge in [0.1, 0.15) is 5.82 Å². The molecule has 7 heteroatoms. The maximum absolute atomic E-state index is 11.0. The van der Waals surface area contributed by atoms with Crippen molar-refractivity contribution in [2.45, 2.75) is 30.8 Å². The highest BCUT2D eigenvalue weighted by Gasteiger charge is 2.35. The molecule has 0 bridgehead atoms. The van der Waals surface area contributed by atoms with E-state index in [2.05, 4.69) is 31.2 Å². The molecule has 7 nitrogen and oxygen atoms in total. The number of hydrogen-bond donors (Lipinski definition) is 2. The van der Waals surface area contributed by atoms with Crippen molar-refractivity contribution < 1.29 is 9.84 Å². The molecule has 0 radical (unpaired) electrons. The van der Waals surface area contributed by atoms with Crippen molar-refractivity contribution in [2.75, 3.05) is 43.6 Å². The third kappa shape index (κ3) is 3.37. The number of aliphatic hydroxyl groups is 1. The first-order valence-electron chi connectivity index (χ1n) is 9.20. The van der Waals surface area contributed by atoms with Crippen LogP contribution in [0.1, 0.15) is 36.4 Å². The smallest absolute Gasteiger partial charge is 0.224 e. The molecule has 2 N–H and O–H groups in total. The number of hydrogen-bond acceptors (Lipinski definition) is 7. The monoisotopic (exact) mass is 355 g/mol. The summed E-state index contributed by atoms with van der Waals surface area (Å²) in [6, 6.07) is 5.90. The van der Waals surface area contributed by atoms with Crippen molar-refractivity contribution in [1.29, 1.82) is 0 Å². The van der Waals surface area contributed by atoms with E-state index in [0.29, 0.717) is 24.7 Å². The second-order valence-corrected chi connectivity index (χ2v) is 7.05. The van der Waals surface area contributed by atoms with E-state index in [1.165, 1.54) is 0 Å². The Morgan fingerprint density at radius 2 is 2.15 bits per heavy atom. The maximum atomic E-state index is 11.0. The lowest BCUT2D eigenvalue weighted by atomic mass is 9.85. The molecule has 1 unspecified atom stereocenters. The summed E-state index contributed by atoms with van der Waals surface area (Å²) in [5, 5.41) is 14.1. The van der Waals surface area contributed by atoms with Crippen molar-refractivity contribution in [3.05, 3.63) is 41.9 Å². The van der Waals surface area contributed by atoms with E-state index < -0.39 is 5.60 Å². The summed E-state index contributed by atoms with van der Waals surface area (Å²) in [5.41, 5.74) is 1.11. The van der Waals surface area contributed by atoms with E-state index in [9.17, 15) is 5.11 Å². The van der Waals surface area contributed by atoms with E-state index in [4.69, 9.17) is 4.74 Å². The molecule has 2 aromatic rings. The summed E-state index contributed by atoms with van der Waals surface area (Å²) in [4.78, 5) is 15.6. The van der Waals surface area contributed by atoms with Gasteiger partial charge in [-0.1, -0.05) is 6.07 Å². The van der Waals surface area contributed by atoms with Crippen molar-refractivity contribution >= 4 is 11.8 Å². The number of rotatable bonds is 4. The number of nitrogens with zero attached hydrogens (tertiary/aromatic N) is 4. The van der Waals surface area contributed by atoms with Gasteiger partial charge in [0.2, 0.25) is 5.95 Å². The van der Waals surface area contributed by atoms with Crippen LogP contribution in [-0.4, -0.2) is 53.4 Å². The van der Waals surface area contributed by atoms with Crippen LogP contribution in [0.3, 0.4) is 0 Å². The first-order valence-corrected chi connectivity index (χ1v) is 9.20. The van der Waals surface area contributed by atoms with Crippen LogP contribution in [-0.2, 0) is 10.3 Å². The van der Waals surface area contributed by atoms with Crippen molar-refractivity contribution in [1.82, 2.24) is 15.0 Å². The van der Waals surface area contributed by atoms with Crippen molar-refractivity contribution in [2.24, 2.45) is 0 Å². The molecule has 4 heterocycles. The number of pyridine rings is 1. The molecule has 1 atom stereocenters. The van der Waals surface area contributed by atoms with Crippen LogP contribution in [0.2, 0.25) is 0 Å². The van der Waals surface area contributed by atoms with Crippen LogP contribution >= 0.6 is 0 Å². The minimum atomic E-state index is -0.814. The Bertz CT molecular complexity index is 741. The predicted molar refractivity (Wildman–Crippen MR) is 99.3 cm³/mol. The van der Waals surface area contributed by atoms with Crippen LogP contribution in [0.25, 0.3) is 0 Å². The lowest BCUT2D eigenvalue weighted by Gasteiger charge is -2.39. The summed E-state index contributed by atoms with van der Waals surface area (Å²) >= 11 is 0. The lowest BCUT2D eigenvalue weighted by Crippen LogP contribution is -2.43. The normalized spacial score (nSPS) is 22.4. The second-order valence-electron chi connectivity index (χ2n) is 7.05. The van der Waals surface area contributed by atoms with Gasteiger partial charge in [0, 0.05) is 56.7 Å². The Kier molecular flexibility index (Phi) is 4.74. The fraction of sp³-hybridized carbons (Fsp3) is 0.526. The molecule has 2 fully saturated rings. The van der Waals surface area contributed by atoms with Gasteiger partial charge in [0.25, 0.3) is 0 Å². The Hall–Kier alpha value is -2.25. The van der Waals surface area contributed by atoms with Gasteiger partial charge in [-0.25, -0.2) is 4.98 Å². The largest absolute Gasteiger partial charge is 0.385 e. The van der Waals surface area contributed by atoms with Crippen molar-refractivity contribution in [3.8, 4) is 0 Å². The van der Waals surface area contributed by atoms with Gasteiger partial charge >= 0.3 is 0 Å². The summed E-state index contributed by atoms with van der Waals surface area (Å²) in [6.07, 6.45) is 5.80.